The number of imidazole rings is 1. The number of fused-ring (bicyclic) bond motifs is 3. The number of aromatic nitrogens is 4. The molecule has 2 aliphatic rings. The fraction of sp³-hybridized carbons (Fsp3) is 0.417. The summed E-state index contributed by atoms with van der Waals surface area (Å²) in [6, 6.07) is 8.60. The molecule has 1 saturated heterocycles. The number of hydrogen-bond donors (Lipinski definition) is 1. The lowest BCUT2D eigenvalue weighted by atomic mass is 9.95. The van der Waals surface area contributed by atoms with Crippen LogP contribution in [0.5, 0.6) is 0 Å². The molecule has 1 atom stereocenters. The summed E-state index contributed by atoms with van der Waals surface area (Å²) in [5.74, 6) is 0.556. The molecule has 0 amide bonds. The molecule has 8 nitrogen and oxygen atoms in total. The Bertz CT molecular complexity index is 1470. The SMILES string of the molecule is Cc1ccc(S(=O)(=O)n2ccc3c2ncc2nc([C@@H](C)O)n(N4CCC5(CC4)CC5)c23)cc1. The lowest BCUT2D eigenvalue weighted by Crippen LogP contribution is -2.43. The molecule has 1 aromatic carbocycles. The Morgan fingerprint density at radius 2 is 1.76 bits per heavy atom. The molecule has 0 unspecified atom stereocenters. The zero-order valence-electron chi connectivity index (χ0n) is 18.8. The monoisotopic (exact) mass is 465 g/mol. The third-order valence-corrected chi connectivity index (χ3v) is 8.97. The number of aliphatic hydroxyl groups excluding tert-OH is 1. The van der Waals surface area contributed by atoms with Crippen molar-refractivity contribution in [1.29, 1.82) is 0 Å². The predicted molar refractivity (Wildman–Crippen MR) is 126 cm³/mol. The Hall–Kier alpha value is -2.91. The van der Waals surface area contributed by atoms with E-state index in [9.17, 15) is 13.5 Å². The minimum atomic E-state index is -3.80. The van der Waals surface area contributed by atoms with Crippen molar-refractivity contribution in [3.05, 3.63) is 54.1 Å². The van der Waals surface area contributed by atoms with Gasteiger partial charge in [0.2, 0.25) is 0 Å². The van der Waals surface area contributed by atoms with Crippen molar-refractivity contribution in [2.45, 2.75) is 50.5 Å². The summed E-state index contributed by atoms with van der Waals surface area (Å²) >= 11 is 0. The summed E-state index contributed by atoms with van der Waals surface area (Å²) in [7, 11) is -3.80. The lowest BCUT2D eigenvalue weighted by molar-refractivity contribution is 0.182. The van der Waals surface area contributed by atoms with Crippen LogP contribution in [-0.4, -0.2) is 45.2 Å². The van der Waals surface area contributed by atoms with Crippen molar-refractivity contribution in [2.75, 3.05) is 18.1 Å². The van der Waals surface area contributed by atoms with Crippen LogP contribution in [0.15, 0.2) is 47.6 Å². The van der Waals surface area contributed by atoms with Gasteiger partial charge in [-0.05, 0) is 63.1 Å². The molecule has 0 bridgehead atoms. The average molecular weight is 466 g/mol. The van der Waals surface area contributed by atoms with E-state index in [0.29, 0.717) is 27.8 Å². The minimum Gasteiger partial charge on any atom is -0.385 e. The highest BCUT2D eigenvalue weighted by Crippen LogP contribution is 2.53. The standard InChI is InChI=1S/C24H27N5O3S/c1-16-3-5-18(6-4-16)33(31,32)28-12-7-19-21-20(15-25-23(19)28)26-22(17(2)30)29(21)27-13-10-24(8-9-24)11-14-27/h3-7,12,15,17,30H,8-11,13-14H2,1-2H3/t17-/m1/s1. The van der Waals surface area contributed by atoms with Crippen LogP contribution in [0.4, 0.5) is 0 Å². The van der Waals surface area contributed by atoms with Gasteiger partial charge in [-0.3, -0.25) is 0 Å². The van der Waals surface area contributed by atoms with Crippen LogP contribution in [-0.2, 0) is 10.0 Å². The van der Waals surface area contributed by atoms with Gasteiger partial charge in [0, 0.05) is 24.7 Å². The molecule has 0 radical (unpaired) electrons. The molecule has 2 fully saturated rings. The topological polar surface area (TPSA) is 93.2 Å². The molecule has 1 aliphatic heterocycles. The first-order valence-corrected chi connectivity index (χ1v) is 12.9. The highest BCUT2D eigenvalue weighted by molar-refractivity contribution is 7.90. The average Bonchev–Trinajstić information content (AvgIpc) is 3.22. The number of aliphatic hydroxyl groups is 1. The van der Waals surface area contributed by atoms with Crippen molar-refractivity contribution < 1.29 is 13.5 Å². The molecular formula is C24H27N5O3S. The second-order valence-corrected chi connectivity index (χ2v) is 11.4. The molecule has 1 spiro atoms. The fourth-order valence-corrected chi connectivity index (χ4v) is 6.35. The Kier molecular flexibility index (Phi) is 4.41. The molecule has 4 aromatic rings. The molecule has 1 aliphatic carbocycles. The van der Waals surface area contributed by atoms with E-state index in [-0.39, 0.29) is 4.90 Å². The van der Waals surface area contributed by atoms with Crippen LogP contribution in [0.3, 0.4) is 0 Å². The van der Waals surface area contributed by atoms with Crippen LogP contribution in [0.2, 0.25) is 0 Å². The summed E-state index contributed by atoms with van der Waals surface area (Å²) in [6.45, 7) is 5.41. The second kappa shape index (κ2) is 7.04. The van der Waals surface area contributed by atoms with Gasteiger partial charge in [-0.2, -0.15) is 0 Å². The van der Waals surface area contributed by atoms with Crippen molar-refractivity contribution in [3.63, 3.8) is 0 Å². The molecule has 9 heteroatoms. The summed E-state index contributed by atoms with van der Waals surface area (Å²) in [4.78, 5) is 9.38. The van der Waals surface area contributed by atoms with Crippen molar-refractivity contribution in [1.82, 2.24) is 18.6 Å². The third-order valence-electron chi connectivity index (χ3n) is 7.29. The van der Waals surface area contributed by atoms with Gasteiger partial charge in [-0.15, -0.1) is 0 Å². The van der Waals surface area contributed by atoms with Crippen molar-refractivity contribution >= 4 is 32.1 Å². The quantitative estimate of drug-likeness (QED) is 0.496. The second-order valence-electron chi connectivity index (χ2n) is 9.57. The maximum Gasteiger partial charge on any atom is 0.269 e. The van der Waals surface area contributed by atoms with E-state index in [0.717, 1.165) is 37.0 Å². The number of pyridine rings is 1. The van der Waals surface area contributed by atoms with E-state index < -0.39 is 16.1 Å². The molecule has 1 saturated carbocycles. The fourth-order valence-electron chi connectivity index (χ4n) is 5.05. The van der Waals surface area contributed by atoms with E-state index in [1.807, 2.05) is 11.6 Å². The smallest absolute Gasteiger partial charge is 0.269 e. The van der Waals surface area contributed by atoms with Crippen LogP contribution >= 0.6 is 0 Å². The maximum absolute atomic E-state index is 13.4. The Balaban J connectivity index is 1.53. The third kappa shape index (κ3) is 3.17. The number of piperidine rings is 1. The van der Waals surface area contributed by atoms with Gasteiger partial charge in [-0.25, -0.2) is 27.0 Å². The van der Waals surface area contributed by atoms with E-state index in [4.69, 9.17) is 0 Å². The van der Waals surface area contributed by atoms with Gasteiger partial charge < -0.3 is 10.1 Å². The van der Waals surface area contributed by atoms with Crippen LogP contribution in [0, 0.1) is 12.3 Å². The minimum absolute atomic E-state index is 0.219. The van der Waals surface area contributed by atoms with Gasteiger partial charge in [-0.1, -0.05) is 17.7 Å². The number of benzene rings is 1. The van der Waals surface area contributed by atoms with E-state index in [1.165, 1.54) is 16.8 Å². The molecule has 1 N–H and O–H groups in total. The highest BCUT2D eigenvalue weighted by Gasteiger charge is 2.45. The van der Waals surface area contributed by atoms with Gasteiger partial charge >= 0.3 is 0 Å². The van der Waals surface area contributed by atoms with Crippen LogP contribution in [0.25, 0.3) is 22.1 Å². The van der Waals surface area contributed by atoms with E-state index in [2.05, 4.69) is 15.0 Å². The predicted octanol–water partition coefficient (Wildman–Crippen LogP) is 3.50. The molecule has 172 valence electrons. The van der Waals surface area contributed by atoms with Gasteiger partial charge in [0.25, 0.3) is 10.0 Å². The van der Waals surface area contributed by atoms with Crippen LogP contribution < -0.4 is 5.01 Å². The Labute approximate surface area is 192 Å². The number of hydrogen-bond acceptors (Lipinski definition) is 6. The van der Waals surface area contributed by atoms with Crippen molar-refractivity contribution in [3.8, 4) is 0 Å². The largest absolute Gasteiger partial charge is 0.385 e. The molecular weight excluding hydrogens is 438 g/mol. The first-order chi connectivity index (χ1) is 15.8. The van der Waals surface area contributed by atoms with Gasteiger partial charge in [0.05, 0.1) is 11.1 Å². The molecule has 6 rings (SSSR count). The Morgan fingerprint density at radius 1 is 1.06 bits per heavy atom. The molecule has 4 heterocycles. The number of aryl methyl sites for hydroxylation is 1. The lowest BCUT2D eigenvalue weighted by Gasteiger charge is -2.35. The first kappa shape index (κ1) is 20.7. The first-order valence-electron chi connectivity index (χ1n) is 11.4. The molecule has 3 aromatic heterocycles. The van der Waals surface area contributed by atoms with Crippen LogP contribution in [0.1, 0.15) is 50.1 Å². The summed E-state index contributed by atoms with van der Waals surface area (Å²) in [5.41, 5.74) is 3.31. The summed E-state index contributed by atoms with van der Waals surface area (Å²) < 4.78 is 30.0. The zero-order valence-corrected chi connectivity index (χ0v) is 19.6. The summed E-state index contributed by atoms with van der Waals surface area (Å²) in [5, 5.41) is 13.4. The Morgan fingerprint density at radius 3 is 2.39 bits per heavy atom. The maximum atomic E-state index is 13.4. The molecule has 33 heavy (non-hydrogen) atoms. The summed E-state index contributed by atoms with van der Waals surface area (Å²) in [6.07, 6.45) is 7.27. The van der Waals surface area contributed by atoms with E-state index >= 15 is 0 Å². The highest BCUT2D eigenvalue weighted by atomic mass is 32.2. The van der Waals surface area contributed by atoms with E-state index in [1.54, 1.807) is 49.6 Å². The number of nitrogens with zero attached hydrogens (tertiary/aromatic N) is 5. The van der Waals surface area contributed by atoms with Crippen molar-refractivity contribution in [2.24, 2.45) is 5.41 Å². The van der Waals surface area contributed by atoms with Gasteiger partial charge in [0.1, 0.15) is 17.1 Å². The zero-order chi connectivity index (χ0) is 23.0. The number of rotatable bonds is 4. The van der Waals surface area contributed by atoms with Gasteiger partial charge in [0.15, 0.2) is 11.5 Å². The normalized spacial score (nSPS) is 18.9.